The number of aromatic amines is 1. The third kappa shape index (κ3) is 4.30. The summed E-state index contributed by atoms with van der Waals surface area (Å²) in [6.45, 7) is 1.69. The molecule has 2 N–H and O–H groups in total. The van der Waals surface area contributed by atoms with Gasteiger partial charge in [-0.1, -0.05) is 0 Å². The molecule has 1 aliphatic heterocycles. The molecule has 1 fully saturated rings. The average molecular weight is 262 g/mol. The molecule has 1 aromatic heterocycles. The summed E-state index contributed by atoms with van der Waals surface area (Å²) in [5.74, 6) is 0.301. The lowest BCUT2D eigenvalue weighted by atomic mass is 10.1. The number of H-pyrrole nitrogens is 1. The number of nitrogens with zero attached hydrogens (tertiary/aromatic N) is 2. The molecular formula is C11H17F3N4. The van der Waals surface area contributed by atoms with E-state index in [0.29, 0.717) is 25.6 Å². The maximum Gasteiger partial charge on any atom is 0.401 e. The van der Waals surface area contributed by atoms with Crippen molar-refractivity contribution in [2.45, 2.75) is 19.1 Å². The fourth-order valence-electron chi connectivity index (χ4n) is 2.27. The molecule has 0 saturated carbocycles. The average Bonchev–Trinajstić information content (AvgIpc) is 2.88. The predicted molar refractivity (Wildman–Crippen MR) is 60.9 cm³/mol. The van der Waals surface area contributed by atoms with Crippen LogP contribution in [-0.2, 0) is 6.54 Å². The third-order valence-electron chi connectivity index (χ3n) is 3.08. The van der Waals surface area contributed by atoms with E-state index in [2.05, 4.69) is 15.5 Å². The first-order valence-electron chi connectivity index (χ1n) is 6.01. The van der Waals surface area contributed by atoms with Crippen molar-refractivity contribution in [3.8, 4) is 0 Å². The van der Waals surface area contributed by atoms with Gasteiger partial charge in [-0.3, -0.25) is 10.00 Å². The van der Waals surface area contributed by atoms with Crippen LogP contribution in [0.3, 0.4) is 0 Å². The highest BCUT2D eigenvalue weighted by Crippen LogP contribution is 2.22. The van der Waals surface area contributed by atoms with Crippen LogP contribution in [-0.4, -0.2) is 47.5 Å². The second kappa shape index (κ2) is 5.71. The highest BCUT2D eigenvalue weighted by molar-refractivity contribution is 4.96. The van der Waals surface area contributed by atoms with Gasteiger partial charge in [0.25, 0.3) is 0 Å². The van der Waals surface area contributed by atoms with E-state index in [-0.39, 0.29) is 0 Å². The van der Waals surface area contributed by atoms with Crippen molar-refractivity contribution in [2.24, 2.45) is 5.92 Å². The lowest BCUT2D eigenvalue weighted by molar-refractivity contribution is -0.143. The lowest BCUT2D eigenvalue weighted by Crippen LogP contribution is -2.33. The van der Waals surface area contributed by atoms with Crippen LogP contribution in [0.15, 0.2) is 12.3 Å². The molecule has 0 aliphatic carbocycles. The van der Waals surface area contributed by atoms with Gasteiger partial charge < -0.3 is 5.32 Å². The summed E-state index contributed by atoms with van der Waals surface area (Å²) in [6.07, 6.45) is -1.58. The number of rotatable bonds is 5. The molecule has 0 radical (unpaired) electrons. The topological polar surface area (TPSA) is 44.0 Å². The minimum absolute atomic E-state index is 0.301. The molecule has 1 aliphatic rings. The van der Waals surface area contributed by atoms with E-state index in [1.165, 1.54) is 4.90 Å². The fourth-order valence-corrected chi connectivity index (χ4v) is 2.27. The Hall–Kier alpha value is -1.08. The van der Waals surface area contributed by atoms with Crippen molar-refractivity contribution < 1.29 is 13.2 Å². The molecule has 1 atom stereocenters. The normalized spacial score (nSPS) is 21.6. The van der Waals surface area contributed by atoms with Crippen LogP contribution in [0.1, 0.15) is 12.1 Å². The Morgan fingerprint density at radius 1 is 1.50 bits per heavy atom. The fraction of sp³-hybridized carbons (Fsp3) is 0.727. The van der Waals surface area contributed by atoms with Gasteiger partial charge in [-0.05, 0) is 31.5 Å². The lowest BCUT2D eigenvalue weighted by Gasteiger charge is -2.17. The van der Waals surface area contributed by atoms with Crippen molar-refractivity contribution in [1.82, 2.24) is 20.4 Å². The zero-order chi connectivity index (χ0) is 13.0. The van der Waals surface area contributed by atoms with E-state index in [1.807, 2.05) is 6.07 Å². The van der Waals surface area contributed by atoms with Gasteiger partial charge in [-0.25, -0.2) is 0 Å². The molecule has 0 bridgehead atoms. The highest BCUT2D eigenvalue weighted by atomic mass is 19.4. The number of likely N-dealkylation sites (tertiary alicyclic amines) is 1. The van der Waals surface area contributed by atoms with Gasteiger partial charge in [0, 0.05) is 25.0 Å². The van der Waals surface area contributed by atoms with Gasteiger partial charge in [0.1, 0.15) is 0 Å². The standard InChI is InChI=1S/C11H17F3N4/c12-11(13,14)8-18-4-2-9(7-18)5-15-6-10-1-3-16-17-10/h1,3,9,15H,2,4-8H2,(H,16,17)/t9-/m0/s1. The van der Waals surface area contributed by atoms with E-state index in [1.54, 1.807) is 6.20 Å². The number of hydrogen-bond acceptors (Lipinski definition) is 3. The Labute approximate surface area is 104 Å². The molecule has 0 spiro atoms. The predicted octanol–water partition coefficient (Wildman–Crippen LogP) is 1.38. The summed E-state index contributed by atoms with van der Waals surface area (Å²) in [5, 5.41) is 9.89. The van der Waals surface area contributed by atoms with Gasteiger partial charge in [0.2, 0.25) is 0 Å². The van der Waals surface area contributed by atoms with Gasteiger partial charge in [-0.15, -0.1) is 0 Å². The number of nitrogens with one attached hydrogen (secondary N) is 2. The van der Waals surface area contributed by atoms with Gasteiger partial charge in [-0.2, -0.15) is 18.3 Å². The molecule has 2 rings (SSSR count). The van der Waals surface area contributed by atoms with Crippen LogP contribution in [0, 0.1) is 5.92 Å². The van der Waals surface area contributed by atoms with E-state index >= 15 is 0 Å². The molecule has 0 unspecified atom stereocenters. The van der Waals surface area contributed by atoms with E-state index in [9.17, 15) is 13.2 Å². The van der Waals surface area contributed by atoms with Gasteiger partial charge >= 0.3 is 6.18 Å². The highest BCUT2D eigenvalue weighted by Gasteiger charge is 2.34. The Kier molecular flexibility index (Phi) is 4.23. The number of hydrogen-bond donors (Lipinski definition) is 2. The minimum Gasteiger partial charge on any atom is -0.311 e. The molecule has 18 heavy (non-hydrogen) atoms. The van der Waals surface area contributed by atoms with Crippen LogP contribution in [0.5, 0.6) is 0 Å². The molecule has 2 heterocycles. The van der Waals surface area contributed by atoms with Crippen LogP contribution in [0.25, 0.3) is 0 Å². The first-order chi connectivity index (χ1) is 8.53. The van der Waals surface area contributed by atoms with Crippen molar-refractivity contribution >= 4 is 0 Å². The first-order valence-corrected chi connectivity index (χ1v) is 6.01. The molecule has 0 aromatic carbocycles. The zero-order valence-corrected chi connectivity index (χ0v) is 10.0. The smallest absolute Gasteiger partial charge is 0.311 e. The maximum atomic E-state index is 12.2. The third-order valence-corrected chi connectivity index (χ3v) is 3.08. The van der Waals surface area contributed by atoms with Crippen LogP contribution < -0.4 is 5.32 Å². The van der Waals surface area contributed by atoms with Crippen molar-refractivity contribution in [3.63, 3.8) is 0 Å². The number of alkyl halides is 3. The molecule has 1 saturated heterocycles. The quantitative estimate of drug-likeness (QED) is 0.842. The molecule has 0 amide bonds. The summed E-state index contributed by atoms with van der Waals surface area (Å²) in [5.41, 5.74) is 0.986. The summed E-state index contributed by atoms with van der Waals surface area (Å²) in [7, 11) is 0. The van der Waals surface area contributed by atoms with Gasteiger partial charge in [0.15, 0.2) is 0 Å². The van der Waals surface area contributed by atoms with E-state index in [4.69, 9.17) is 0 Å². The molecule has 7 heteroatoms. The monoisotopic (exact) mass is 262 g/mol. The Balaban J connectivity index is 1.64. The Bertz CT molecular complexity index is 350. The van der Waals surface area contributed by atoms with Crippen molar-refractivity contribution in [2.75, 3.05) is 26.2 Å². The second-order valence-corrected chi connectivity index (χ2v) is 4.72. The summed E-state index contributed by atoms with van der Waals surface area (Å²) in [4.78, 5) is 1.47. The van der Waals surface area contributed by atoms with Crippen LogP contribution in [0.2, 0.25) is 0 Å². The van der Waals surface area contributed by atoms with E-state index in [0.717, 1.165) is 18.7 Å². The van der Waals surface area contributed by atoms with Crippen molar-refractivity contribution in [1.29, 1.82) is 0 Å². The Morgan fingerprint density at radius 3 is 3.00 bits per heavy atom. The summed E-state index contributed by atoms with van der Waals surface area (Å²) in [6, 6.07) is 1.87. The second-order valence-electron chi connectivity index (χ2n) is 4.72. The maximum absolute atomic E-state index is 12.2. The Morgan fingerprint density at radius 2 is 2.33 bits per heavy atom. The SMILES string of the molecule is FC(F)(F)CN1CC[C@@H](CNCc2ccn[nH]2)C1. The molecular weight excluding hydrogens is 245 g/mol. The largest absolute Gasteiger partial charge is 0.401 e. The van der Waals surface area contributed by atoms with Crippen molar-refractivity contribution in [3.05, 3.63) is 18.0 Å². The number of aromatic nitrogens is 2. The summed E-state index contributed by atoms with van der Waals surface area (Å²) < 4.78 is 36.6. The van der Waals surface area contributed by atoms with E-state index < -0.39 is 12.7 Å². The zero-order valence-electron chi connectivity index (χ0n) is 10.0. The van der Waals surface area contributed by atoms with Gasteiger partial charge in [0.05, 0.1) is 6.54 Å². The first kappa shape index (κ1) is 13.4. The van der Waals surface area contributed by atoms with Crippen LogP contribution in [0.4, 0.5) is 13.2 Å². The molecule has 102 valence electrons. The summed E-state index contributed by atoms with van der Waals surface area (Å²) >= 11 is 0. The van der Waals surface area contributed by atoms with Crippen LogP contribution >= 0.6 is 0 Å². The number of halogens is 3. The minimum atomic E-state index is -4.09. The molecule has 4 nitrogen and oxygen atoms in total. The molecule has 1 aromatic rings.